The molecule has 1 atom stereocenters. The highest BCUT2D eigenvalue weighted by atomic mass is 35.5. The second kappa shape index (κ2) is 6.09. The van der Waals surface area contributed by atoms with Crippen LogP contribution in [-0.2, 0) is 9.53 Å². The molecule has 0 aromatic carbocycles. The monoisotopic (exact) mass is 249 g/mol. The number of hydrogen-bond acceptors (Lipinski definition) is 3. The van der Waals surface area contributed by atoms with Gasteiger partial charge in [-0.1, -0.05) is 13.8 Å². The fraction of sp³-hybridized carbons (Fsp3) is 0.818. The van der Waals surface area contributed by atoms with E-state index in [2.05, 4.69) is 5.32 Å². The molecule has 0 bridgehead atoms. The lowest BCUT2D eigenvalue weighted by Gasteiger charge is -2.22. The standard InChI is InChI=1S/C11H20ClNO3/c1-7(2)6-8(9(12)14)13-10(15)16-11(3,4)5/h7-8H,6H2,1-5H3,(H,13,15)/t8-/m0/s1. The SMILES string of the molecule is CC(C)C[C@H](NC(=O)OC(C)(C)C)C(=O)Cl. The molecule has 0 saturated heterocycles. The summed E-state index contributed by atoms with van der Waals surface area (Å²) >= 11 is 5.39. The van der Waals surface area contributed by atoms with E-state index < -0.39 is 23.0 Å². The van der Waals surface area contributed by atoms with Crippen molar-refractivity contribution in [3.63, 3.8) is 0 Å². The van der Waals surface area contributed by atoms with Crippen molar-refractivity contribution in [1.29, 1.82) is 0 Å². The Bertz CT molecular complexity index is 258. The zero-order valence-electron chi connectivity index (χ0n) is 10.5. The van der Waals surface area contributed by atoms with Gasteiger partial charge in [0.15, 0.2) is 0 Å². The molecule has 0 aliphatic heterocycles. The van der Waals surface area contributed by atoms with Gasteiger partial charge in [0, 0.05) is 0 Å². The number of carbonyl (C=O) groups is 2. The Kier molecular flexibility index (Phi) is 5.79. The molecule has 0 rings (SSSR count). The number of hydrogen-bond donors (Lipinski definition) is 1. The Hall–Kier alpha value is -0.770. The summed E-state index contributed by atoms with van der Waals surface area (Å²) in [5.74, 6) is 0.266. The zero-order chi connectivity index (χ0) is 12.9. The van der Waals surface area contributed by atoms with Crippen molar-refractivity contribution >= 4 is 22.9 Å². The molecule has 0 fully saturated rings. The van der Waals surface area contributed by atoms with Crippen LogP contribution in [0, 0.1) is 5.92 Å². The van der Waals surface area contributed by atoms with Crippen LogP contribution in [0.25, 0.3) is 0 Å². The highest BCUT2D eigenvalue weighted by molar-refractivity contribution is 6.64. The van der Waals surface area contributed by atoms with Gasteiger partial charge in [-0.15, -0.1) is 0 Å². The third-order valence-electron chi connectivity index (χ3n) is 1.67. The van der Waals surface area contributed by atoms with E-state index >= 15 is 0 Å². The van der Waals surface area contributed by atoms with E-state index in [1.165, 1.54) is 0 Å². The topological polar surface area (TPSA) is 55.4 Å². The summed E-state index contributed by atoms with van der Waals surface area (Å²) in [6.45, 7) is 9.17. The number of amides is 1. The van der Waals surface area contributed by atoms with Crippen LogP contribution in [0.1, 0.15) is 41.0 Å². The summed E-state index contributed by atoms with van der Waals surface area (Å²) in [6.07, 6.45) is -0.117. The Morgan fingerprint density at radius 1 is 1.31 bits per heavy atom. The minimum absolute atomic E-state index is 0.266. The minimum Gasteiger partial charge on any atom is -0.444 e. The summed E-state index contributed by atoms with van der Waals surface area (Å²) in [5, 5.41) is 1.89. The Balaban J connectivity index is 4.30. The molecule has 0 aromatic rings. The summed E-state index contributed by atoms with van der Waals surface area (Å²) in [4.78, 5) is 22.5. The molecule has 94 valence electrons. The van der Waals surface area contributed by atoms with Crippen molar-refractivity contribution in [2.24, 2.45) is 5.92 Å². The van der Waals surface area contributed by atoms with Crippen LogP contribution in [0.3, 0.4) is 0 Å². The van der Waals surface area contributed by atoms with E-state index in [4.69, 9.17) is 16.3 Å². The molecule has 4 nitrogen and oxygen atoms in total. The van der Waals surface area contributed by atoms with Crippen LogP contribution >= 0.6 is 11.6 Å². The van der Waals surface area contributed by atoms with Crippen molar-refractivity contribution in [1.82, 2.24) is 5.32 Å². The van der Waals surface area contributed by atoms with Gasteiger partial charge in [0.05, 0.1) is 0 Å². The largest absolute Gasteiger partial charge is 0.444 e. The molecule has 0 radical (unpaired) electrons. The molecule has 1 N–H and O–H groups in total. The Morgan fingerprint density at radius 3 is 2.12 bits per heavy atom. The molecule has 0 aliphatic carbocycles. The van der Waals surface area contributed by atoms with Gasteiger partial charge < -0.3 is 10.1 Å². The number of nitrogens with one attached hydrogen (secondary N) is 1. The predicted molar refractivity (Wildman–Crippen MR) is 63.5 cm³/mol. The van der Waals surface area contributed by atoms with E-state index in [0.29, 0.717) is 6.42 Å². The summed E-state index contributed by atoms with van der Waals surface area (Å²) in [6, 6.07) is -0.684. The maximum atomic E-state index is 11.4. The van der Waals surface area contributed by atoms with Crippen molar-refractivity contribution in [2.75, 3.05) is 0 Å². The summed E-state index contributed by atoms with van der Waals surface area (Å²) < 4.78 is 5.04. The fourth-order valence-corrected chi connectivity index (χ4v) is 1.27. The van der Waals surface area contributed by atoms with E-state index in [0.717, 1.165) is 0 Å². The van der Waals surface area contributed by atoms with Crippen LogP contribution in [0.15, 0.2) is 0 Å². The maximum absolute atomic E-state index is 11.4. The van der Waals surface area contributed by atoms with Crippen LogP contribution in [-0.4, -0.2) is 23.0 Å². The average molecular weight is 250 g/mol. The second-order valence-corrected chi connectivity index (χ2v) is 5.50. The number of rotatable bonds is 4. The van der Waals surface area contributed by atoms with Gasteiger partial charge >= 0.3 is 6.09 Å². The van der Waals surface area contributed by atoms with Crippen molar-refractivity contribution in [2.45, 2.75) is 52.7 Å². The minimum atomic E-state index is -0.684. The lowest BCUT2D eigenvalue weighted by Crippen LogP contribution is -2.42. The Morgan fingerprint density at radius 2 is 1.81 bits per heavy atom. The first-order valence-electron chi connectivity index (χ1n) is 5.30. The molecule has 0 heterocycles. The summed E-state index contributed by atoms with van der Waals surface area (Å²) in [5.41, 5.74) is -0.582. The van der Waals surface area contributed by atoms with Gasteiger partial charge in [-0.3, -0.25) is 4.79 Å². The Labute approximate surface area is 102 Å². The van der Waals surface area contributed by atoms with Crippen molar-refractivity contribution in [3.8, 4) is 0 Å². The molecule has 5 heteroatoms. The first kappa shape index (κ1) is 15.2. The molecule has 0 spiro atoms. The molecule has 0 saturated carbocycles. The molecule has 0 aliphatic rings. The zero-order valence-corrected chi connectivity index (χ0v) is 11.2. The van der Waals surface area contributed by atoms with Crippen molar-refractivity contribution in [3.05, 3.63) is 0 Å². The molecule has 16 heavy (non-hydrogen) atoms. The lowest BCUT2D eigenvalue weighted by atomic mass is 10.1. The van der Waals surface area contributed by atoms with E-state index in [9.17, 15) is 9.59 Å². The van der Waals surface area contributed by atoms with Gasteiger partial charge in [0.25, 0.3) is 0 Å². The van der Waals surface area contributed by atoms with Gasteiger partial charge in [0.1, 0.15) is 11.6 Å². The van der Waals surface area contributed by atoms with Gasteiger partial charge in [-0.2, -0.15) is 0 Å². The normalized spacial score (nSPS) is 13.4. The number of carbonyl (C=O) groups excluding carboxylic acids is 2. The first-order valence-corrected chi connectivity index (χ1v) is 5.68. The van der Waals surface area contributed by atoms with E-state index in [1.807, 2.05) is 13.8 Å². The highest BCUT2D eigenvalue weighted by Gasteiger charge is 2.23. The van der Waals surface area contributed by atoms with Crippen LogP contribution in [0.5, 0.6) is 0 Å². The van der Waals surface area contributed by atoms with Gasteiger partial charge in [-0.25, -0.2) is 4.79 Å². The maximum Gasteiger partial charge on any atom is 0.408 e. The lowest BCUT2D eigenvalue weighted by molar-refractivity contribution is -0.113. The third-order valence-corrected chi connectivity index (χ3v) is 1.94. The van der Waals surface area contributed by atoms with E-state index in [-0.39, 0.29) is 5.92 Å². The smallest absolute Gasteiger partial charge is 0.408 e. The van der Waals surface area contributed by atoms with Gasteiger partial charge in [-0.05, 0) is 44.7 Å². The molecule has 0 aromatic heterocycles. The van der Waals surface area contributed by atoms with Crippen LogP contribution in [0.4, 0.5) is 4.79 Å². The molecule has 1 amide bonds. The average Bonchev–Trinajstić information content (AvgIpc) is 1.97. The summed E-state index contributed by atoms with van der Waals surface area (Å²) in [7, 11) is 0. The number of halogens is 1. The van der Waals surface area contributed by atoms with Crippen LogP contribution in [0.2, 0.25) is 0 Å². The number of ether oxygens (including phenoxy) is 1. The predicted octanol–water partition coefficient (Wildman–Crippen LogP) is 2.69. The van der Waals surface area contributed by atoms with Crippen LogP contribution < -0.4 is 5.32 Å². The van der Waals surface area contributed by atoms with E-state index in [1.54, 1.807) is 20.8 Å². The third kappa shape index (κ3) is 7.51. The molecular formula is C11H20ClNO3. The van der Waals surface area contributed by atoms with Gasteiger partial charge in [0.2, 0.25) is 5.24 Å². The van der Waals surface area contributed by atoms with Crippen molar-refractivity contribution < 1.29 is 14.3 Å². The molecule has 0 unspecified atom stereocenters. The second-order valence-electron chi connectivity index (χ2n) is 5.13. The fourth-order valence-electron chi connectivity index (χ4n) is 1.13. The molecular weight excluding hydrogens is 230 g/mol. The first-order chi connectivity index (χ1) is 7.11. The number of alkyl carbamates (subject to hydrolysis) is 1. The highest BCUT2D eigenvalue weighted by Crippen LogP contribution is 2.10. The quantitative estimate of drug-likeness (QED) is 0.780.